The van der Waals surface area contributed by atoms with Gasteiger partial charge in [0.1, 0.15) is 18.5 Å². The van der Waals surface area contributed by atoms with Crippen molar-refractivity contribution in [2.24, 2.45) is 28.6 Å². The van der Waals surface area contributed by atoms with Crippen LogP contribution in [0.15, 0.2) is 11.6 Å². The zero-order valence-electron chi connectivity index (χ0n) is 17.1. The first-order valence-electron chi connectivity index (χ1n) is 10.9. The zero-order valence-corrected chi connectivity index (χ0v) is 17.1. The van der Waals surface area contributed by atoms with Crippen molar-refractivity contribution in [2.45, 2.75) is 78.2 Å². The van der Waals surface area contributed by atoms with E-state index in [4.69, 9.17) is 9.47 Å². The number of rotatable bonds is 4. The van der Waals surface area contributed by atoms with Crippen LogP contribution in [-0.4, -0.2) is 31.1 Å². The van der Waals surface area contributed by atoms with Crippen molar-refractivity contribution in [3.8, 4) is 0 Å². The third-order valence-electron chi connectivity index (χ3n) is 8.49. The quantitative estimate of drug-likeness (QED) is 0.538. The molecule has 0 bridgehead atoms. The summed E-state index contributed by atoms with van der Waals surface area (Å²) in [5.41, 5.74) is 1.66. The zero-order chi connectivity index (χ0) is 19.2. The normalized spacial score (nSPS) is 43.4. The summed E-state index contributed by atoms with van der Waals surface area (Å²) in [4.78, 5) is 24.4. The number of carbonyl (C=O) groups excluding carboxylic acids is 2. The maximum Gasteiger partial charge on any atom is 0.332 e. The molecule has 0 unspecified atom stereocenters. The van der Waals surface area contributed by atoms with Crippen LogP contribution in [0, 0.1) is 28.6 Å². The van der Waals surface area contributed by atoms with Gasteiger partial charge in [-0.3, -0.25) is 4.79 Å². The van der Waals surface area contributed by atoms with Gasteiger partial charge in [-0.2, -0.15) is 0 Å². The molecule has 150 valence electrons. The molecule has 0 radical (unpaired) electrons. The van der Waals surface area contributed by atoms with Crippen LogP contribution in [0.25, 0.3) is 0 Å². The smallest absolute Gasteiger partial charge is 0.332 e. The van der Waals surface area contributed by atoms with Gasteiger partial charge in [-0.25, -0.2) is 4.79 Å². The third kappa shape index (κ3) is 3.08. The fraction of sp³-hybridized carbons (Fsp3) is 0.826. The van der Waals surface area contributed by atoms with Crippen LogP contribution < -0.4 is 0 Å². The third-order valence-corrected chi connectivity index (χ3v) is 8.49. The first-order chi connectivity index (χ1) is 12.9. The molecular weight excluding hydrogens is 340 g/mol. The molecule has 0 amide bonds. The van der Waals surface area contributed by atoms with Crippen LogP contribution in [0.1, 0.15) is 72.1 Å². The van der Waals surface area contributed by atoms with Crippen LogP contribution in [0.5, 0.6) is 0 Å². The second-order valence-corrected chi connectivity index (χ2v) is 9.67. The highest BCUT2D eigenvalue weighted by molar-refractivity contribution is 5.87. The van der Waals surface area contributed by atoms with E-state index in [-0.39, 0.29) is 29.5 Å². The summed E-state index contributed by atoms with van der Waals surface area (Å²) in [7, 11) is 0. The van der Waals surface area contributed by atoms with Gasteiger partial charge in [0.05, 0.1) is 0 Å². The number of carbonyl (C=O) groups is 2. The van der Waals surface area contributed by atoms with E-state index in [1.807, 2.05) is 6.92 Å². The number of ketones is 1. The molecule has 0 saturated heterocycles. The van der Waals surface area contributed by atoms with E-state index in [1.54, 1.807) is 0 Å². The molecule has 3 saturated carbocycles. The molecule has 0 spiro atoms. The number of esters is 1. The number of ether oxygens (including phenoxy) is 2. The average molecular weight is 375 g/mol. The Labute approximate surface area is 163 Å². The molecule has 0 N–H and O–H groups in total. The first-order valence-corrected chi connectivity index (χ1v) is 10.9. The van der Waals surface area contributed by atoms with Gasteiger partial charge in [-0.05, 0) is 68.6 Å². The minimum Gasteiger partial charge on any atom is -0.460 e. The lowest BCUT2D eigenvalue weighted by molar-refractivity contribution is -0.156. The van der Waals surface area contributed by atoms with Crippen LogP contribution >= 0.6 is 0 Å². The second-order valence-electron chi connectivity index (χ2n) is 9.67. The van der Waals surface area contributed by atoms with E-state index < -0.39 is 0 Å². The van der Waals surface area contributed by atoms with Crippen molar-refractivity contribution in [3.05, 3.63) is 11.6 Å². The standard InChI is InChI=1S/C23H34O4/c1-4-26-14-21(25)27-16-9-11-22(2)15(13-16)5-6-17-18-7-8-20(24)23(18,3)12-10-19(17)22/h5,16-19H,4,6-14H2,1-3H3/t16-,17-,18-,19-,22-,23-/m0/s1. The monoisotopic (exact) mass is 374 g/mol. The molecule has 0 aromatic carbocycles. The van der Waals surface area contributed by atoms with Gasteiger partial charge < -0.3 is 9.47 Å². The summed E-state index contributed by atoms with van der Waals surface area (Å²) in [5, 5.41) is 0. The Morgan fingerprint density at radius 2 is 1.89 bits per heavy atom. The SMILES string of the molecule is CCOCC(=O)O[C@H]1CC[C@@]2(C)C(=CC[C@@H]3[C@@H]2CC[C@]2(C)C(=O)CC[C@@H]32)C1. The Kier molecular flexibility index (Phi) is 4.99. The number of allylic oxidation sites excluding steroid dienone is 1. The van der Waals surface area contributed by atoms with Crippen molar-refractivity contribution in [3.63, 3.8) is 0 Å². The fourth-order valence-corrected chi connectivity index (χ4v) is 6.90. The molecule has 4 aliphatic rings. The van der Waals surface area contributed by atoms with Crippen molar-refractivity contribution >= 4 is 11.8 Å². The fourth-order valence-electron chi connectivity index (χ4n) is 6.90. The topological polar surface area (TPSA) is 52.6 Å². The highest BCUT2D eigenvalue weighted by atomic mass is 16.6. The largest absolute Gasteiger partial charge is 0.460 e. The predicted octanol–water partition coefficient (Wildman–Crippen LogP) is 4.47. The van der Waals surface area contributed by atoms with Crippen LogP contribution in [0.2, 0.25) is 0 Å². The number of hydrogen-bond donors (Lipinski definition) is 0. The molecule has 4 aliphatic carbocycles. The van der Waals surface area contributed by atoms with Crippen LogP contribution in [0.4, 0.5) is 0 Å². The molecule has 0 aromatic rings. The van der Waals surface area contributed by atoms with Crippen molar-refractivity contribution in [1.29, 1.82) is 0 Å². The van der Waals surface area contributed by atoms with Gasteiger partial charge >= 0.3 is 5.97 Å². The van der Waals surface area contributed by atoms with Crippen LogP contribution in [-0.2, 0) is 19.1 Å². The highest BCUT2D eigenvalue weighted by Gasteiger charge is 2.58. The van der Waals surface area contributed by atoms with E-state index in [1.165, 1.54) is 12.0 Å². The van der Waals surface area contributed by atoms with Gasteiger partial charge in [0.2, 0.25) is 0 Å². The van der Waals surface area contributed by atoms with Gasteiger partial charge in [0, 0.05) is 24.9 Å². The molecule has 27 heavy (non-hydrogen) atoms. The Morgan fingerprint density at radius 1 is 1.15 bits per heavy atom. The summed E-state index contributed by atoms with van der Waals surface area (Å²) in [5.74, 6) is 2.18. The summed E-state index contributed by atoms with van der Waals surface area (Å²) < 4.78 is 10.8. The van der Waals surface area contributed by atoms with E-state index in [9.17, 15) is 9.59 Å². The Balaban J connectivity index is 1.48. The van der Waals surface area contributed by atoms with E-state index in [0.29, 0.717) is 30.1 Å². The van der Waals surface area contributed by atoms with Crippen molar-refractivity contribution in [1.82, 2.24) is 0 Å². The Bertz CT molecular complexity index is 653. The first kappa shape index (κ1) is 19.2. The maximum absolute atomic E-state index is 12.5. The molecule has 0 aromatic heterocycles. The van der Waals surface area contributed by atoms with E-state index in [2.05, 4.69) is 19.9 Å². The van der Waals surface area contributed by atoms with Crippen molar-refractivity contribution in [2.75, 3.05) is 13.2 Å². The van der Waals surface area contributed by atoms with Gasteiger partial charge in [-0.1, -0.05) is 25.5 Å². The summed E-state index contributed by atoms with van der Waals surface area (Å²) >= 11 is 0. The minimum absolute atomic E-state index is 0.00394. The molecule has 4 rings (SSSR count). The molecule has 3 fully saturated rings. The van der Waals surface area contributed by atoms with E-state index >= 15 is 0 Å². The van der Waals surface area contributed by atoms with Gasteiger partial charge in [0.15, 0.2) is 0 Å². The summed E-state index contributed by atoms with van der Waals surface area (Å²) in [6, 6.07) is 0. The summed E-state index contributed by atoms with van der Waals surface area (Å²) in [6.45, 7) is 7.15. The Morgan fingerprint density at radius 3 is 2.67 bits per heavy atom. The number of hydrogen-bond acceptors (Lipinski definition) is 4. The second kappa shape index (κ2) is 7.02. The molecule has 6 atom stereocenters. The minimum atomic E-state index is -0.238. The molecule has 0 aliphatic heterocycles. The molecular formula is C23H34O4. The van der Waals surface area contributed by atoms with Gasteiger partial charge in [0.25, 0.3) is 0 Å². The van der Waals surface area contributed by atoms with Gasteiger partial charge in [-0.15, -0.1) is 0 Å². The molecule has 4 heteroatoms. The predicted molar refractivity (Wildman–Crippen MR) is 103 cm³/mol. The maximum atomic E-state index is 12.5. The lowest BCUT2D eigenvalue weighted by Crippen LogP contribution is -2.50. The molecule has 4 nitrogen and oxygen atoms in total. The van der Waals surface area contributed by atoms with Crippen LogP contribution in [0.3, 0.4) is 0 Å². The summed E-state index contributed by atoms with van der Waals surface area (Å²) in [6.07, 6.45) is 10.6. The Hall–Kier alpha value is -1.16. The van der Waals surface area contributed by atoms with Crippen molar-refractivity contribution < 1.29 is 19.1 Å². The lowest BCUT2D eigenvalue weighted by atomic mass is 9.48. The number of fused-ring (bicyclic) bond motifs is 5. The van der Waals surface area contributed by atoms with E-state index in [0.717, 1.165) is 44.9 Å². The lowest BCUT2D eigenvalue weighted by Gasteiger charge is -2.56. The highest BCUT2D eigenvalue weighted by Crippen LogP contribution is 2.64. The molecule has 0 heterocycles. The number of Topliss-reactive ketones (excluding diaryl/α,β-unsaturated/α-hetero) is 1. The average Bonchev–Trinajstić information content (AvgIpc) is 2.95.